The molecule has 1 unspecified atom stereocenters. The molecule has 5 nitrogen and oxygen atoms in total. The number of nitrogens with one attached hydrogen (secondary N) is 1. The summed E-state index contributed by atoms with van der Waals surface area (Å²) in [6.45, 7) is 5.54. The smallest absolute Gasteiger partial charge is 0.266 e. The summed E-state index contributed by atoms with van der Waals surface area (Å²) in [5, 5.41) is 3.83. The van der Waals surface area contributed by atoms with Gasteiger partial charge in [-0.3, -0.25) is 9.59 Å². The first-order valence-electron chi connectivity index (χ1n) is 9.50. The van der Waals surface area contributed by atoms with Crippen molar-refractivity contribution in [2.24, 2.45) is 0 Å². The van der Waals surface area contributed by atoms with Crippen LogP contribution < -0.4 is 10.1 Å². The second-order valence-electron chi connectivity index (χ2n) is 7.64. The Labute approximate surface area is 180 Å². The molecule has 0 aromatic heterocycles. The summed E-state index contributed by atoms with van der Waals surface area (Å²) < 4.78 is 6.08. The molecular weight excluding hydrogens is 411 g/mol. The summed E-state index contributed by atoms with van der Waals surface area (Å²) in [5.41, 5.74) is 0.360. The fraction of sp³-hybridized carbons (Fsp3) is 0.364. The summed E-state index contributed by atoms with van der Waals surface area (Å²) >= 11 is 12.0. The molecule has 2 amide bonds. The van der Waals surface area contributed by atoms with Crippen molar-refractivity contribution in [2.45, 2.75) is 45.3 Å². The van der Waals surface area contributed by atoms with E-state index in [4.69, 9.17) is 27.9 Å². The SMILES string of the molecule is CC(=O)Nc1cc(Cl)ccc1OC(C)(C)C(=O)N1CCCC1c1ccc(Cl)cc1. The maximum Gasteiger partial charge on any atom is 0.266 e. The predicted molar refractivity (Wildman–Crippen MR) is 116 cm³/mol. The lowest BCUT2D eigenvalue weighted by molar-refractivity contribution is -0.146. The van der Waals surface area contributed by atoms with Crippen LogP contribution in [0.15, 0.2) is 42.5 Å². The fourth-order valence-electron chi connectivity index (χ4n) is 3.58. The minimum atomic E-state index is -1.13. The first-order valence-corrected chi connectivity index (χ1v) is 10.3. The predicted octanol–water partition coefficient (Wildman–Crippen LogP) is 5.47. The molecule has 2 aromatic rings. The van der Waals surface area contributed by atoms with Crippen LogP contribution >= 0.6 is 23.2 Å². The number of ether oxygens (including phenoxy) is 1. The molecule has 0 radical (unpaired) electrons. The van der Waals surface area contributed by atoms with E-state index in [-0.39, 0.29) is 17.9 Å². The highest BCUT2D eigenvalue weighted by Crippen LogP contribution is 2.36. The summed E-state index contributed by atoms with van der Waals surface area (Å²) in [7, 11) is 0. The van der Waals surface area contributed by atoms with E-state index in [1.165, 1.54) is 6.92 Å². The van der Waals surface area contributed by atoms with Gasteiger partial charge in [0.25, 0.3) is 5.91 Å². The van der Waals surface area contributed by atoms with Gasteiger partial charge in [-0.25, -0.2) is 0 Å². The number of likely N-dealkylation sites (tertiary alicyclic amines) is 1. The molecule has 1 N–H and O–H groups in total. The van der Waals surface area contributed by atoms with Crippen molar-refractivity contribution in [3.05, 3.63) is 58.1 Å². The van der Waals surface area contributed by atoms with Crippen molar-refractivity contribution in [3.8, 4) is 5.75 Å². The van der Waals surface area contributed by atoms with E-state index in [9.17, 15) is 9.59 Å². The molecule has 7 heteroatoms. The van der Waals surface area contributed by atoms with Gasteiger partial charge in [0.1, 0.15) is 5.75 Å². The van der Waals surface area contributed by atoms with Gasteiger partial charge in [-0.05, 0) is 62.6 Å². The van der Waals surface area contributed by atoms with Gasteiger partial charge in [0.15, 0.2) is 5.60 Å². The van der Waals surface area contributed by atoms with Crippen LogP contribution in [0, 0.1) is 0 Å². The molecule has 3 rings (SSSR count). The second-order valence-corrected chi connectivity index (χ2v) is 8.52. The number of carbonyl (C=O) groups is 2. The molecule has 2 aromatic carbocycles. The minimum Gasteiger partial charge on any atom is -0.476 e. The molecular formula is C22H24Cl2N2O3. The Morgan fingerprint density at radius 3 is 2.41 bits per heavy atom. The quantitative estimate of drug-likeness (QED) is 0.677. The monoisotopic (exact) mass is 434 g/mol. The van der Waals surface area contributed by atoms with Gasteiger partial charge < -0.3 is 15.0 Å². The average Bonchev–Trinajstić information content (AvgIpc) is 3.13. The van der Waals surface area contributed by atoms with Crippen LogP contribution in [0.4, 0.5) is 5.69 Å². The lowest BCUT2D eigenvalue weighted by atomic mass is 10.0. The van der Waals surface area contributed by atoms with Crippen LogP contribution in [0.5, 0.6) is 5.75 Å². The van der Waals surface area contributed by atoms with Gasteiger partial charge in [-0.2, -0.15) is 0 Å². The van der Waals surface area contributed by atoms with Crippen molar-refractivity contribution in [1.29, 1.82) is 0 Å². The first-order chi connectivity index (χ1) is 13.7. The molecule has 1 fully saturated rings. The van der Waals surface area contributed by atoms with E-state index >= 15 is 0 Å². The number of amides is 2. The topological polar surface area (TPSA) is 58.6 Å². The van der Waals surface area contributed by atoms with Crippen LogP contribution in [0.2, 0.25) is 10.0 Å². The van der Waals surface area contributed by atoms with Gasteiger partial charge in [-0.1, -0.05) is 35.3 Å². The number of benzene rings is 2. The number of anilines is 1. The van der Waals surface area contributed by atoms with Crippen LogP contribution in [0.25, 0.3) is 0 Å². The highest BCUT2D eigenvalue weighted by molar-refractivity contribution is 6.31. The molecule has 0 saturated carbocycles. The van der Waals surface area contributed by atoms with Crippen molar-refractivity contribution in [3.63, 3.8) is 0 Å². The first kappa shape index (κ1) is 21.5. The van der Waals surface area contributed by atoms with E-state index in [1.807, 2.05) is 29.2 Å². The van der Waals surface area contributed by atoms with E-state index in [1.54, 1.807) is 32.0 Å². The number of hydrogen-bond donors (Lipinski definition) is 1. The molecule has 1 heterocycles. The van der Waals surface area contributed by atoms with E-state index in [0.29, 0.717) is 28.0 Å². The van der Waals surface area contributed by atoms with Crippen molar-refractivity contribution >= 4 is 40.7 Å². The third-order valence-corrected chi connectivity index (χ3v) is 5.39. The van der Waals surface area contributed by atoms with Gasteiger partial charge in [0.05, 0.1) is 11.7 Å². The minimum absolute atomic E-state index is 0.0114. The van der Waals surface area contributed by atoms with E-state index in [0.717, 1.165) is 18.4 Å². The number of hydrogen-bond acceptors (Lipinski definition) is 3. The Hall–Kier alpha value is -2.24. The van der Waals surface area contributed by atoms with Crippen molar-refractivity contribution < 1.29 is 14.3 Å². The number of rotatable bonds is 5. The highest BCUT2D eigenvalue weighted by Gasteiger charge is 2.40. The largest absolute Gasteiger partial charge is 0.476 e. The normalized spacial score (nSPS) is 16.6. The zero-order valence-electron chi connectivity index (χ0n) is 16.7. The summed E-state index contributed by atoms with van der Waals surface area (Å²) in [6, 6.07) is 12.5. The van der Waals surface area contributed by atoms with Gasteiger partial charge >= 0.3 is 0 Å². The lowest BCUT2D eigenvalue weighted by Crippen LogP contribution is -2.48. The molecule has 1 atom stereocenters. The molecule has 1 aliphatic rings. The highest BCUT2D eigenvalue weighted by atomic mass is 35.5. The Morgan fingerprint density at radius 1 is 1.10 bits per heavy atom. The van der Waals surface area contributed by atoms with Gasteiger partial charge in [0.2, 0.25) is 5.91 Å². The molecule has 0 aliphatic carbocycles. The van der Waals surface area contributed by atoms with Crippen LogP contribution in [-0.4, -0.2) is 28.9 Å². The Morgan fingerprint density at radius 2 is 1.76 bits per heavy atom. The molecule has 1 aliphatic heterocycles. The number of carbonyl (C=O) groups excluding carboxylic acids is 2. The van der Waals surface area contributed by atoms with Crippen LogP contribution in [0.3, 0.4) is 0 Å². The maximum atomic E-state index is 13.4. The van der Waals surface area contributed by atoms with Gasteiger partial charge in [-0.15, -0.1) is 0 Å². The number of halogens is 2. The fourth-order valence-corrected chi connectivity index (χ4v) is 3.88. The van der Waals surface area contributed by atoms with Crippen LogP contribution in [0.1, 0.15) is 45.2 Å². The van der Waals surface area contributed by atoms with Crippen molar-refractivity contribution in [2.75, 3.05) is 11.9 Å². The van der Waals surface area contributed by atoms with Gasteiger partial charge in [0, 0.05) is 23.5 Å². The Kier molecular flexibility index (Phi) is 6.39. The molecule has 1 saturated heterocycles. The molecule has 154 valence electrons. The number of nitrogens with zero attached hydrogens (tertiary/aromatic N) is 1. The summed E-state index contributed by atoms with van der Waals surface area (Å²) in [4.78, 5) is 26.8. The standard InChI is InChI=1S/C22H24Cl2N2O3/c1-14(27)25-18-13-17(24)10-11-20(18)29-22(2,3)21(28)26-12-4-5-19(26)15-6-8-16(23)9-7-15/h6-11,13,19H,4-5,12H2,1-3H3,(H,25,27). The third kappa shape index (κ3) is 5.03. The third-order valence-electron chi connectivity index (χ3n) is 4.90. The maximum absolute atomic E-state index is 13.4. The second kappa shape index (κ2) is 8.64. The zero-order valence-corrected chi connectivity index (χ0v) is 18.2. The van der Waals surface area contributed by atoms with E-state index < -0.39 is 5.60 Å². The summed E-state index contributed by atoms with van der Waals surface area (Å²) in [6.07, 6.45) is 1.81. The average molecular weight is 435 g/mol. The van der Waals surface area contributed by atoms with E-state index in [2.05, 4.69) is 5.32 Å². The molecule has 0 spiro atoms. The molecule has 0 bridgehead atoms. The van der Waals surface area contributed by atoms with Crippen molar-refractivity contribution in [1.82, 2.24) is 4.90 Å². The summed E-state index contributed by atoms with van der Waals surface area (Å²) in [5.74, 6) is 0.0347. The molecule has 29 heavy (non-hydrogen) atoms. The Balaban J connectivity index is 1.82. The lowest BCUT2D eigenvalue weighted by Gasteiger charge is -2.34. The zero-order chi connectivity index (χ0) is 21.2. The van der Waals surface area contributed by atoms with Crippen LogP contribution in [-0.2, 0) is 9.59 Å². The Bertz CT molecular complexity index is 913.